The molecule has 0 aliphatic heterocycles. The molecule has 0 spiro atoms. The van der Waals surface area contributed by atoms with E-state index in [0.29, 0.717) is 13.0 Å². The number of carbonyl (C=O) groups excluding carboxylic acids is 1. The molecule has 0 saturated heterocycles. The van der Waals surface area contributed by atoms with Crippen LogP contribution >= 0.6 is 0 Å². The predicted octanol–water partition coefficient (Wildman–Crippen LogP) is 3.43. The van der Waals surface area contributed by atoms with Crippen molar-refractivity contribution in [2.75, 3.05) is 7.11 Å². The summed E-state index contributed by atoms with van der Waals surface area (Å²) < 4.78 is 5.10. The van der Waals surface area contributed by atoms with Gasteiger partial charge in [0.25, 0.3) is 0 Å². The van der Waals surface area contributed by atoms with Gasteiger partial charge in [0, 0.05) is 24.6 Å². The fourth-order valence-electron chi connectivity index (χ4n) is 2.07. The smallest absolute Gasteiger partial charge is 0.220 e. The first-order valence-corrected chi connectivity index (χ1v) is 7.38. The Balaban J connectivity index is 1.62. The van der Waals surface area contributed by atoms with Crippen molar-refractivity contribution in [3.63, 3.8) is 0 Å². The highest BCUT2D eigenvalue weighted by atomic mass is 16.5. The SMILES string of the molecule is COc1ccc(CNC(=O)CCCCC2=C=C=C=C=C2)cc1. The average Bonchev–Trinajstić information content (AvgIpc) is 2.58. The van der Waals surface area contributed by atoms with Crippen molar-refractivity contribution in [2.24, 2.45) is 0 Å². The Hall–Kier alpha value is -2.65. The van der Waals surface area contributed by atoms with Crippen LogP contribution in [0.3, 0.4) is 0 Å². The minimum absolute atomic E-state index is 0.0827. The summed E-state index contributed by atoms with van der Waals surface area (Å²) in [5.74, 6) is 0.902. The number of rotatable bonds is 8. The molecule has 2 rings (SSSR count). The van der Waals surface area contributed by atoms with Crippen LogP contribution in [0.1, 0.15) is 31.2 Å². The summed E-state index contributed by atoms with van der Waals surface area (Å²) in [6.07, 6.45) is 5.12. The molecule has 3 heteroatoms. The third-order valence-electron chi connectivity index (χ3n) is 3.35. The summed E-state index contributed by atoms with van der Waals surface area (Å²) in [6, 6.07) is 7.69. The van der Waals surface area contributed by atoms with Crippen LogP contribution in [0.4, 0.5) is 0 Å². The molecule has 22 heavy (non-hydrogen) atoms. The van der Waals surface area contributed by atoms with Crippen molar-refractivity contribution in [1.29, 1.82) is 0 Å². The van der Waals surface area contributed by atoms with Crippen LogP contribution in [0.15, 0.2) is 58.8 Å². The van der Waals surface area contributed by atoms with Gasteiger partial charge in [-0.05, 0) is 48.4 Å². The van der Waals surface area contributed by atoms with Crippen LogP contribution in [0.5, 0.6) is 5.75 Å². The number of carbonyl (C=O) groups is 1. The highest BCUT2D eigenvalue weighted by Crippen LogP contribution is 2.12. The fraction of sp³-hybridized carbons (Fsp3) is 0.316. The lowest BCUT2D eigenvalue weighted by Crippen LogP contribution is -2.22. The van der Waals surface area contributed by atoms with Gasteiger partial charge in [0.2, 0.25) is 5.91 Å². The van der Waals surface area contributed by atoms with Crippen LogP contribution in [0.2, 0.25) is 0 Å². The summed E-state index contributed by atoms with van der Waals surface area (Å²) in [6.45, 7) is 0.551. The number of hydrogen-bond donors (Lipinski definition) is 1. The fourth-order valence-corrected chi connectivity index (χ4v) is 2.07. The molecule has 3 nitrogen and oxygen atoms in total. The first-order chi connectivity index (χ1) is 10.8. The van der Waals surface area contributed by atoms with Crippen molar-refractivity contribution in [2.45, 2.75) is 32.2 Å². The number of hydrogen-bond acceptors (Lipinski definition) is 2. The average molecular weight is 293 g/mol. The van der Waals surface area contributed by atoms with Crippen molar-refractivity contribution in [1.82, 2.24) is 5.32 Å². The Morgan fingerprint density at radius 2 is 2.00 bits per heavy atom. The number of amides is 1. The van der Waals surface area contributed by atoms with Gasteiger partial charge in [0.15, 0.2) is 0 Å². The normalized spacial score (nSPS) is 11.4. The van der Waals surface area contributed by atoms with Crippen molar-refractivity contribution >= 4 is 5.91 Å². The van der Waals surface area contributed by atoms with Crippen LogP contribution in [0, 0.1) is 0 Å². The quantitative estimate of drug-likeness (QED) is 0.589. The zero-order valence-electron chi connectivity index (χ0n) is 12.7. The maximum Gasteiger partial charge on any atom is 0.220 e. The van der Waals surface area contributed by atoms with E-state index in [1.54, 1.807) is 7.11 Å². The van der Waals surface area contributed by atoms with Gasteiger partial charge in [0.05, 0.1) is 7.11 Å². The summed E-state index contributed by atoms with van der Waals surface area (Å²) in [5, 5.41) is 2.93. The molecule has 0 atom stereocenters. The Bertz CT molecular complexity index is 689. The standard InChI is InChI=1S/C19H19NO2/c1-22-18-13-11-17(12-14-18)15-20-19(21)10-6-5-9-16-7-3-2-4-8-16/h7,11-14H,5-6,9-10,15H2,1H3,(H,20,21). The molecule has 0 heterocycles. The van der Waals surface area contributed by atoms with Crippen molar-refractivity contribution < 1.29 is 9.53 Å². The van der Waals surface area contributed by atoms with E-state index in [1.165, 1.54) is 0 Å². The first kappa shape index (κ1) is 15.7. The van der Waals surface area contributed by atoms with E-state index in [1.807, 2.05) is 30.3 Å². The molecule has 112 valence electrons. The van der Waals surface area contributed by atoms with E-state index < -0.39 is 0 Å². The molecule has 0 unspecified atom stereocenters. The molecule has 1 aromatic carbocycles. The minimum Gasteiger partial charge on any atom is -0.497 e. The van der Waals surface area contributed by atoms with E-state index in [2.05, 4.69) is 28.2 Å². The van der Waals surface area contributed by atoms with E-state index in [4.69, 9.17) is 4.74 Å². The van der Waals surface area contributed by atoms with E-state index in [0.717, 1.165) is 36.1 Å². The van der Waals surface area contributed by atoms with Crippen LogP contribution in [-0.4, -0.2) is 13.0 Å². The second kappa shape index (κ2) is 8.60. The Morgan fingerprint density at radius 3 is 2.68 bits per heavy atom. The Labute approximate surface area is 131 Å². The number of benzene rings is 1. The third-order valence-corrected chi connectivity index (χ3v) is 3.35. The van der Waals surface area contributed by atoms with Crippen molar-refractivity contribution in [3.8, 4) is 5.75 Å². The van der Waals surface area contributed by atoms with Gasteiger partial charge in [-0.1, -0.05) is 23.6 Å². The Morgan fingerprint density at radius 1 is 1.18 bits per heavy atom. The first-order valence-electron chi connectivity index (χ1n) is 7.38. The lowest BCUT2D eigenvalue weighted by atomic mass is 10.1. The summed E-state index contributed by atoms with van der Waals surface area (Å²) in [5.41, 5.74) is 13.4. The molecule has 1 amide bonds. The molecular formula is C19H19NO2. The van der Waals surface area contributed by atoms with Gasteiger partial charge in [-0.2, -0.15) is 0 Å². The zero-order chi connectivity index (χ0) is 15.6. The lowest BCUT2D eigenvalue weighted by molar-refractivity contribution is -0.121. The molecule has 0 bridgehead atoms. The molecule has 0 saturated carbocycles. The highest BCUT2D eigenvalue weighted by molar-refractivity contribution is 5.75. The van der Waals surface area contributed by atoms with E-state index in [-0.39, 0.29) is 5.91 Å². The van der Waals surface area contributed by atoms with Crippen LogP contribution in [0.25, 0.3) is 0 Å². The second-order valence-electron chi connectivity index (χ2n) is 5.02. The Kier molecular flexibility index (Phi) is 6.15. The maximum atomic E-state index is 11.8. The molecule has 0 radical (unpaired) electrons. The third kappa shape index (κ3) is 5.38. The van der Waals surface area contributed by atoms with Gasteiger partial charge in [-0.3, -0.25) is 4.79 Å². The molecule has 0 aromatic heterocycles. The van der Waals surface area contributed by atoms with Gasteiger partial charge in [-0.25, -0.2) is 0 Å². The largest absolute Gasteiger partial charge is 0.497 e. The van der Waals surface area contributed by atoms with Gasteiger partial charge >= 0.3 is 0 Å². The second-order valence-corrected chi connectivity index (χ2v) is 5.02. The summed E-state index contributed by atoms with van der Waals surface area (Å²) in [4.78, 5) is 11.8. The lowest BCUT2D eigenvalue weighted by Gasteiger charge is -2.06. The van der Waals surface area contributed by atoms with E-state index in [9.17, 15) is 4.79 Å². The van der Waals surface area contributed by atoms with Gasteiger partial charge in [-0.15, -0.1) is 0 Å². The summed E-state index contributed by atoms with van der Waals surface area (Å²) >= 11 is 0. The number of unbranched alkanes of at least 4 members (excludes halogenated alkanes) is 1. The maximum absolute atomic E-state index is 11.8. The van der Waals surface area contributed by atoms with E-state index >= 15 is 0 Å². The summed E-state index contributed by atoms with van der Waals surface area (Å²) in [7, 11) is 1.64. The molecule has 1 N–H and O–H groups in total. The van der Waals surface area contributed by atoms with Gasteiger partial charge < -0.3 is 10.1 Å². The molecule has 0 fully saturated rings. The van der Waals surface area contributed by atoms with Crippen LogP contribution in [-0.2, 0) is 11.3 Å². The number of methoxy groups -OCH3 is 1. The highest BCUT2D eigenvalue weighted by Gasteiger charge is 2.02. The predicted molar refractivity (Wildman–Crippen MR) is 85.4 cm³/mol. The van der Waals surface area contributed by atoms with Crippen LogP contribution < -0.4 is 10.1 Å². The number of nitrogens with one attached hydrogen (secondary N) is 1. The monoisotopic (exact) mass is 293 g/mol. The molecule has 1 aliphatic rings. The number of ether oxygens (including phenoxy) is 1. The molecule has 1 aliphatic carbocycles. The minimum atomic E-state index is 0.0827. The number of allylic oxidation sites excluding steroid dienone is 2. The zero-order valence-corrected chi connectivity index (χ0v) is 12.7. The topological polar surface area (TPSA) is 38.3 Å². The van der Waals surface area contributed by atoms with Crippen molar-refractivity contribution in [3.05, 3.63) is 64.4 Å². The van der Waals surface area contributed by atoms with Gasteiger partial charge in [0.1, 0.15) is 5.75 Å². The molecule has 1 aromatic rings. The molecular weight excluding hydrogens is 274 g/mol.